The highest BCUT2D eigenvalue weighted by Crippen LogP contribution is 2.39. The maximum Gasteiger partial charge on any atom is 0.232 e. The summed E-state index contributed by atoms with van der Waals surface area (Å²) in [5.41, 5.74) is 0.0525. The van der Waals surface area contributed by atoms with E-state index in [1.165, 1.54) is 0 Å². The Morgan fingerprint density at radius 2 is 2.12 bits per heavy atom. The van der Waals surface area contributed by atoms with E-state index in [0.717, 1.165) is 43.8 Å². The number of nitrogens with zero attached hydrogens (tertiary/aromatic N) is 3. The molecule has 0 aliphatic carbocycles. The predicted octanol–water partition coefficient (Wildman–Crippen LogP) is 2.05. The van der Waals surface area contributed by atoms with E-state index < -0.39 is 0 Å². The second-order valence-corrected chi connectivity index (χ2v) is 8.25. The number of aromatic nitrogens is 1. The minimum Gasteiger partial charge on any atom is -0.383 e. The number of amides is 2. The first-order valence-corrected chi connectivity index (χ1v) is 10.2. The van der Waals surface area contributed by atoms with Crippen molar-refractivity contribution in [3.8, 4) is 0 Å². The lowest BCUT2D eigenvalue weighted by Gasteiger charge is -2.48. The Bertz CT molecular complexity index is 628. The summed E-state index contributed by atoms with van der Waals surface area (Å²) in [6.45, 7) is 3.54. The van der Waals surface area contributed by atoms with E-state index >= 15 is 0 Å². The van der Waals surface area contributed by atoms with E-state index in [9.17, 15) is 9.59 Å². The van der Waals surface area contributed by atoms with Gasteiger partial charge in [0.15, 0.2) is 0 Å². The van der Waals surface area contributed by atoms with Gasteiger partial charge in [0.2, 0.25) is 11.8 Å². The van der Waals surface area contributed by atoms with Gasteiger partial charge in [0.05, 0.1) is 12.4 Å². The Kier molecular flexibility index (Phi) is 6.53. The molecule has 142 valence electrons. The van der Waals surface area contributed by atoms with Crippen LogP contribution in [0.15, 0.2) is 29.4 Å². The van der Waals surface area contributed by atoms with Gasteiger partial charge in [-0.3, -0.25) is 14.6 Å². The van der Waals surface area contributed by atoms with Crippen molar-refractivity contribution in [3.05, 3.63) is 24.5 Å². The van der Waals surface area contributed by atoms with Gasteiger partial charge in [-0.15, -0.1) is 11.8 Å². The van der Waals surface area contributed by atoms with Crippen LogP contribution < -0.4 is 0 Å². The van der Waals surface area contributed by atoms with Crippen molar-refractivity contribution in [1.82, 2.24) is 14.8 Å². The molecule has 1 aromatic heterocycles. The first-order chi connectivity index (χ1) is 12.6. The van der Waals surface area contributed by atoms with Gasteiger partial charge in [-0.1, -0.05) is 0 Å². The van der Waals surface area contributed by atoms with Crippen LogP contribution >= 0.6 is 11.8 Å². The van der Waals surface area contributed by atoms with E-state index in [4.69, 9.17) is 4.74 Å². The van der Waals surface area contributed by atoms with Crippen LogP contribution in [0.25, 0.3) is 0 Å². The van der Waals surface area contributed by atoms with Gasteiger partial charge < -0.3 is 14.5 Å². The molecule has 2 fully saturated rings. The van der Waals surface area contributed by atoms with Gasteiger partial charge in [-0.05, 0) is 31.4 Å². The van der Waals surface area contributed by atoms with Gasteiger partial charge in [0, 0.05) is 62.4 Å². The van der Waals surface area contributed by atoms with Crippen molar-refractivity contribution in [2.75, 3.05) is 45.6 Å². The molecule has 1 spiro atoms. The van der Waals surface area contributed by atoms with Crippen LogP contribution in [0, 0.1) is 5.41 Å². The lowest BCUT2D eigenvalue weighted by molar-refractivity contribution is -0.142. The fourth-order valence-electron chi connectivity index (χ4n) is 3.93. The third kappa shape index (κ3) is 4.76. The molecule has 2 saturated heterocycles. The molecule has 2 amide bonds. The van der Waals surface area contributed by atoms with Crippen LogP contribution in [0.4, 0.5) is 0 Å². The second kappa shape index (κ2) is 8.86. The van der Waals surface area contributed by atoms with Crippen molar-refractivity contribution in [2.45, 2.75) is 30.6 Å². The highest BCUT2D eigenvalue weighted by atomic mass is 32.2. The number of pyridine rings is 1. The van der Waals surface area contributed by atoms with Gasteiger partial charge in [-0.2, -0.15) is 0 Å². The molecule has 1 aromatic rings. The molecule has 0 N–H and O–H groups in total. The van der Waals surface area contributed by atoms with E-state index in [1.807, 2.05) is 21.9 Å². The molecule has 26 heavy (non-hydrogen) atoms. The maximum atomic E-state index is 12.7. The quantitative estimate of drug-likeness (QED) is 0.710. The van der Waals surface area contributed by atoms with Crippen LogP contribution in [0.5, 0.6) is 0 Å². The number of methoxy groups -OCH3 is 1. The molecule has 0 aromatic carbocycles. The van der Waals surface area contributed by atoms with E-state index in [2.05, 4.69) is 4.98 Å². The summed E-state index contributed by atoms with van der Waals surface area (Å²) in [7, 11) is 1.66. The fraction of sp³-hybridized carbons (Fsp3) is 0.632. The monoisotopic (exact) mass is 377 g/mol. The number of ether oxygens (including phenoxy) is 1. The highest BCUT2D eigenvalue weighted by Gasteiger charge is 2.42. The second-order valence-electron chi connectivity index (χ2n) is 7.20. The number of piperidine rings is 2. The van der Waals surface area contributed by atoms with Crippen molar-refractivity contribution < 1.29 is 14.3 Å². The summed E-state index contributed by atoms with van der Waals surface area (Å²) < 4.78 is 5.14. The smallest absolute Gasteiger partial charge is 0.232 e. The summed E-state index contributed by atoms with van der Waals surface area (Å²) in [4.78, 5) is 33.9. The molecule has 3 heterocycles. The molecule has 0 unspecified atom stereocenters. The summed E-state index contributed by atoms with van der Waals surface area (Å²) in [5, 5.41) is 0. The number of carbonyl (C=O) groups excluding carboxylic acids is 2. The fourth-order valence-corrected chi connectivity index (χ4v) is 4.72. The minimum atomic E-state index is 0.0525. The van der Waals surface area contributed by atoms with E-state index in [1.54, 1.807) is 31.3 Å². The SMILES string of the molecule is COCCN1C[C@@]2(CCCN(C(=O)CSc3ccncc3)C2)CCC1=O. The van der Waals surface area contributed by atoms with Crippen LogP contribution in [0.1, 0.15) is 25.7 Å². The Hall–Kier alpha value is -1.60. The summed E-state index contributed by atoms with van der Waals surface area (Å²) in [6, 6.07) is 3.85. The molecule has 1 atom stereocenters. The van der Waals surface area contributed by atoms with Crippen molar-refractivity contribution in [3.63, 3.8) is 0 Å². The number of likely N-dealkylation sites (tertiary alicyclic amines) is 2. The standard InChI is InChI=1S/C19H27N3O3S/c1-25-12-11-22-15-19(7-3-17(22)23)6-2-10-21(14-19)18(24)13-26-16-4-8-20-9-5-16/h4-5,8-9H,2-3,6-7,10-15H2,1H3/t19-/m0/s1. The van der Waals surface area contributed by atoms with E-state index in [-0.39, 0.29) is 17.2 Å². The average Bonchev–Trinajstić information content (AvgIpc) is 2.68. The normalized spacial score (nSPS) is 23.5. The lowest BCUT2D eigenvalue weighted by atomic mass is 9.73. The molecule has 2 aliphatic rings. The molecule has 6 nitrogen and oxygen atoms in total. The zero-order chi connectivity index (χ0) is 18.4. The zero-order valence-corrected chi connectivity index (χ0v) is 16.2. The molecule has 0 bridgehead atoms. The Labute approximate surface area is 159 Å². The molecule has 0 radical (unpaired) electrons. The van der Waals surface area contributed by atoms with Crippen LogP contribution in [0.3, 0.4) is 0 Å². The summed E-state index contributed by atoms with van der Waals surface area (Å²) in [6.07, 6.45) is 7.06. The Morgan fingerprint density at radius 1 is 1.31 bits per heavy atom. The summed E-state index contributed by atoms with van der Waals surface area (Å²) >= 11 is 1.56. The summed E-state index contributed by atoms with van der Waals surface area (Å²) in [5.74, 6) is 0.850. The zero-order valence-electron chi connectivity index (χ0n) is 15.4. The molecule has 7 heteroatoms. The number of rotatable bonds is 6. The van der Waals surface area contributed by atoms with Gasteiger partial charge in [-0.25, -0.2) is 0 Å². The number of carbonyl (C=O) groups is 2. The third-order valence-electron chi connectivity index (χ3n) is 5.34. The molecule has 2 aliphatic heterocycles. The lowest BCUT2D eigenvalue weighted by Crippen LogP contribution is -2.55. The minimum absolute atomic E-state index is 0.0525. The largest absolute Gasteiger partial charge is 0.383 e. The van der Waals surface area contributed by atoms with Crippen molar-refractivity contribution in [2.24, 2.45) is 5.41 Å². The topological polar surface area (TPSA) is 62.7 Å². The third-order valence-corrected chi connectivity index (χ3v) is 6.34. The van der Waals surface area contributed by atoms with Crippen LogP contribution in [0.2, 0.25) is 0 Å². The number of thioether (sulfide) groups is 1. The molecule has 3 rings (SSSR count). The number of hydrogen-bond donors (Lipinski definition) is 0. The van der Waals surface area contributed by atoms with Crippen molar-refractivity contribution >= 4 is 23.6 Å². The van der Waals surface area contributed by atoms with Gasteiger partial charge >= 0.3 is 0 Å². The van der Waals surface area contributed by atoms with Crippen LogP contribution in [-0.4, -0.2) is 72.2 Å². The Morgan fingerprint density at radius 3 is 2.88 bits per heavy atom. The van der Waals surface area contributed by atoms with Crippen LogP contribution in [-0.2, 0) is 14.3 Å². The van der Waals surface area contributed by atoms with Crippen molar-refractivity contribution in [1.29, 1.82) is 0 Å². The average molecular weight is 378 g/mol. The number of hydrogen-bond acceptors (Lipinski definition) is 5. The molecular formula is C19H27N3O3S. The van der Waals surface area contributed by atoms with E-state index in [0.29, 0.717) is 25.3 Å². The highest BCUT2D eigenvalue weighted by molar-refractivity contribution is 8.00. The first kappa shape index (κ1) is 19.2. The predicted molar refractivity (Wildman–Crippen MR) is 101 cm³/mol. The Balaban J connectivity index is 1.57. The van der Waals surface area contributed by atoms with Gasteiger partial charge in [0.25, 0.3) is 0 Å². The van der Waals surface area contributed by atoms with Gasteiger partial charge in [0.1, 0.15) is 0 Å². The maximum absolute atomic E-state index is 12.7. The molecular weight excluding hydrogens is 350 g/mol. The first-order valence-electron chi connectivity index (χ1n) is 9.19. The molecule has 0 saturated carbocycles.